The summed E-state index contributed by atoms with van der Waals surface area (Å²) in [5, 5.41) is 3.33. The first-order valence-electron chi connectivity index (χ1n) is 6.06. The van der Waals surface area contributed by atoms with E-state index < -0.39 is 0 Å². The molecule has 1 fully saturated rings. The molecule has 15 heavy (non-hydrogen) atoms. The van der Waals surface area contributed by atoms with Crippen LogP contribution in [0.15, 0.2) is 0 Å². The maximum atomic E-state index is 5.69. The van der Waals surface area contributed by atoms with Crippen LogP contribution < -0.4 is 5.32 Å². The normalized spacial score (nSPS) is 23.6. The summed E-state index contributed by atoms with van der Waals surface area (Å²) in [4.78, 5) is 0. The second-order valence-electron chi connectivity index (χ2n) is 4.78. The van der Waals surface area contributed by atoms with Gasteiger partial charge >= 0.3 is 0 Å². The van der Waals surface area contributed by atoms with Crippen molar-refractivity contribution in [2.75, 3.05) is 33.5 Å². The van der Waals surface area contributed by atoms with Crippen LogP contribution in [-0.4, -0.2) is 39.5 Å². The molecule has 0 aromatic heterocycles. The van der Waals surface area contributed by atoms with Gasteiger partial charge in [-0.1, -0.05) is 13.8 Å². The van der Waals surface area contributed by atoms with E-state index in [2.05, 4.69) is 19.2 Å². The lowest BCUT2D eigenvalue weighted by molar-refractivity contribution is 0.0831. The van der Waals surface area contributed by atoms with Crippen LogP contribution in [0.1, 0.15) is 26.7 Å². The fraction of sp³-hybridized carbons (Fsp3) is 1.00. The van der Waals surface area contributed by atoms with Gasteiger partial charge < -0.3 is 14.8 Å². The molecule has 0 aromatic rings. The highest BCUT2D eigenvalue weighted by Gasteiger charge is 2.24. The molecule has 0 aliphatic carbocycles. The van der Waals surface area contributed by atoms with Gasteiger partial charge in [0.05, 0.1) is 13.2 Å². The zero-order valence-corrected chi connectivity index (χ0v) is 10.3. The zero-order chi connectivity index (χ0) is 11.1. The minimum atomic E-state index is 0.458. The Kier molecular flexibility index (Phi) is 6.22. The topological polar surface area (TPSA) is 30.5 Å². The number of rotatable bonds is 7. The van der Waals surface area contributed by atoms with Crippen molar-refractivity contribution in [2.24, 2.45) is 11.8 Å². The third-order valence-electron chi connectivity index (χ3n) is 3.04. The van der Waals surface area contributed by atoms with Gasteiger partial charge in [-0.25, -0.2) is 0 Å². The predicted octanol–water partition coefficient (Wildman–Crippen LogP) is 1.67. The Morgan fingerprint density at radius 1 is 1.47 bits per heavy atom. The molecule has 1 aliphatic heterocycles. The Labute approximate surface area is 93.5 Å². The van der Waals surface area contributed by atoms with Crippen LogP contribution in [-0.2, 0) is 9.47 Å². The summed E-state index contributed by atoms with van der Waals surface area (Å²) < 4.78 is 11.1. The van der Waals surface area contributed by atoms with Crippen LogP contribution in [0.3, 0.4) is 0 Å². The Morgan fingerprint density at radius 3 is 2.80 bits per heavy atom. The van der Waals surface area contributed by atoms with Gasteiger partial charge in [-0.2, -0.15) is 0 Å². The largest absolute Gasteiger partial charge is 0.381 e. The molecule has 0 aromatic carbocycles. The van der Waals surface area contributed by atoms with E-state index in [9.17, 15) is 0 Å². The highest BCUT2D eigenvalue weighted by molar-refractivity contribution is 4.77. The van der Waals surface area contributed by atoms with Gasteiger partial charge in [0.25, 0.3) is 0 Å². The minimum absolute atomic E-state index is 0.458. The number of hydrogen-bond acceptors (Lipinski definition) is 3. The molecule has 2 atom stereocenters. The summed E-state index contributed by atoms with van der Waals surface area (Å²) in [7, 11) is 2.01. The van der Waals surface area contributed by atoms with Crippen LogP contribution in [0, 0.1) is 11.8 Å². The lowest BCUT2D eigenvalue weighted by Crippen LogP contribution is -2.38. The van der Waals surface area contributed by atoms with Gasteiger partial charge in [-0.15, -0.1) is 0 Å². The zero-order valence-electron chi connectivity index (χ0n) is 10.3. The first-order chi connectivity index (χ1) is 7.24. The second-order valence-corrected chi connectivity index (χ2v) is 4.78. The van der Waals surface area contributed by atoms with E-state index in [1.807, 2.05) is 7.05 Å². The maximum absolute atomic E-state index is 5.69. The molecular weight excluding hydrogens is 190 g/mol. The van der Waals surface area contributed by atoms with Crippen molar-refractivity contribution in [3.05, 3.63) is 0 Å². The van der Waals surface area contributed by atoms with E-state index in [0.29, 0.717) is 12.0 Å². The van der Waals surface area contributed by atoms with Crippen LogP contribution in [0.5, 0.6) is 0 Å². The summed E-state index contributed by atoms with van der Waals surface area (Å²) in [6.45, 7) is 7.95. The van der Waals surface area contributed by atoms with Crippen molar-refractivity contribution in [3.8, 4) is 0 Å². The number of nitrogens with one attached hydrogen (secondary N) is 1. The Morgan fingerprint density at radius 2 is 2.27 bits per heavy atom. The fourth-order valence-electron chi connectivity index (χ4n) is 1.85. The van der Waals surface area contributed by atoms with E-state index in [-0.39, 0.29) is 0 Å². The molecule has 0 saturated carbocycles. The van der Waals surface area contributed by atoms with Gasteiger partial charge in [0.15, 0.2) is 0 Å². The monoisotopic (exact) mass is 215 g/mol. The standard InChI is InChI=1S/C12H25NO2/c1-10(2)4-6-15-9-12(13-3)11-5-7-14-8-11/h10-13H,4-9H2,1-3H3. The van der Waals surface area contributed by atoms with Crippen molar-refractivity contribution in [1.82, 2.24) is 5.32 Å². The Balaban J connectivity index is 2.10. The highest BCUT2D eigenvalue weighted by atomic mass is 16.5. The summed E-state index contributed by atoms with van der Waals surface area (Å²) in [5.74, 6) is 1.36. The number of likely N-dealkylation sites (N-methyl/N-ethyl adjacent to an activating group) is 1. The van der Waals surface area contributed by atoms with Crippen LogP contribution in [0.2, 0.25) is 0 Å². The Hall–Kier alpha value is -0.120. The molecule has 0 spiro atoms. The first-order valence-corrected chi connectivity index (χ1v) is 6.06. The van der Waals surface area contributed by atoms with E-state index in [0.717, 1.165) is 38.8 Å². The van der Waals surface area contributed by atoms with Gasteiger partial charge in [0, 0.05) is 25.2 Å². The maximum Gasteiger partial charge on any atom is 0.0623 e. The summed E-state index contributed by atoms with van der Waals surface area (Å²) >= 11 is 0. The molecular formula is C12H25NO2. The lowest BCUT2D eigenvalue weighted by Gasteiger charge is -2.21. The lowest BCUT2D eigenvalue weighted by atomic mass is 10.00. The Bertz CT molecular complexity index is 156. The molecule has 90 valence electrons. The van der Waals surface area contributed by atoms with Crippen LogP contribution >= 0.6 is 0 Å². The van der Waals surface area contributed by atoms with Crippen molar-refractivity contribution in [3.63, 3.8) is 0 Å². The third-order valence-corrected chi connectivity index (χ3v) is 3.04. The van der Waals surface area contributed by atoms with Crippen molar-refractivity contribution in [1.29, 1.82) is 0 Å². The third kappa shape index (κ3) is 4.96. The van der Waals surface area contributed by atoms with E-state index in [4.69, 9.17) is 9.47 Å². The van der Waals surface area contributed by atoms with Gasteiger partial charge in [0.2, 0.25) is 0 Å². The molecule has 1 heterocycles. The SMILES string of the molecule is CNC(COCCC(C)C)C1CCOC1. The summed E-state index contributed by atoms with van der Waals surface area (Å²) in [5.41, 5.74) is 0. The summed E-state index contributed by atoms with van der Waals surface area (Å²) in [6.07, 6.45) is 2.32. The van der Waals surface area contributed by atoms with Gasteiger partial charge in [-0.05, 0) is 25.8 Å². The number of ether oxygens (including phenoxy) is 2. The van der Waals surface area contributed by atoms with Crippen molar-refractivity contribution in [2.45, 2.75) is 32.7 Å². The molecule has 1 N–H and O–H groups in total. The summed E-state index contributed by atoms with van der Waals surface area (Å²) in [6, 6.07) is 0.458. The molecule has 2 unspecified atom stereocenters. The molecule has 1 aliphatic rings. The molecule has 0 bridgehead atoms. The first kappa shape index (κ1) is 12.9. The van der Waals surface area contributed by atoms with Gasteiger partial charge in [0.1, 0.15) is 0 Å². The molecule has 0 radical (unpaired) electrons. The van der Waals surface area contributed by atoms with Gasteiger partial charge in [-0.3, -0.25) is 0 Å². The van der Waals surface area contributed by atoms with Crippen molar-refractivity contribution >= 4 is 0 Å². The highest BCUT2D eigenvalue weighted by Crippen LogP contribution is 2.16. The smallest absolute Gasteiger partial charge is 0.0623 e. The molecule has 3 heteroatoms. The second kappa shape index (κ2) is 7.20. The van der Waals surface area contributed by atoms with E-state index >= 15 is 0 Å². The van der Waals surface area contributed by atoms with E-state index in [1.54, 1.807) is 0 Å². The molecule has 3 nitrogen and oxygen atoms in total. The average Bonchev–Trinajstić information content (AvgIpc) is 2.70. The van der Waals surface area contributed by atoms with E-state index in [1.165, 1.54) is 6.42 Å². The fourth-order valence-corrected chi connectivity index (χ4v) is 1.85. The molecule has 1 saturated heterocycles. The average molecular weight is 215 g/mol. The number of hydrogen-bond donors (Lipinski definition) is 1. The van der Waals surface area contributed by atoms with Crippen molar-refractivity contribution < 1.29 is 9.47 Å². The molecule has 0 amide bonds. The molecule has 1 rings (SSSR count). The quantitative estimate of drug-likeness (QED) is 0.655. The van der Waals surface area contributed by atoms with Crippen LogP contribution in [0.4, 0.5) is 0 Å². The van der Waals surface area contributed by atoms with Crippen LogP contribution in [0.25, 0.3) is 0 Å². The minimum Gasteiger partial charge on any atom is -0.381 e. The predicted molar refractivity (Wildman–Crippen MR) is 62.0 cm³/mol.